The molecule has 3 amide bonds. The number of hydrogen-bond acceptors (Lipinski definition) is 4. The van der Waals surface area contributed by atoms with Crippen LogP contribution in [-0.4, -0.2) is 34.3 Å². The van der Waals surface area contributed by atoms with Crippen molar-refractivity contribution in [2.24, 2.45) is 0 Å². The minimum Gasteiger partial charge on any atom is -0.340 e. The molecule has 0 radical (unpaired) electrons. The SMILES string of the molecule is CNC(=O)NNC(=O)CSc1nccn1-c1cc(C)ccc1C. The third-order valence-corrected chi connectivity index (χ3v) is 4.07. The van der Waals surface area contributed by atoms with Crippen LogP contribution in [0.3, 0.4) is 0 Å². The average molecular weight is 333 g/mol. The van der Waals surface area contributed by atoms with Crippen LogP contribution in [0, 0.1) is 13.8 Å². The van der Waals surface area contributed by atoms with Crippen molar-refractivity contribution in [3.8, 4) is 5.69 Å². The van der Waals surface area contributed by atoms with Gasteiger partial charge in [-0.1, -0.05) is 23.9 Å². The van der Waals surface area contributed by atoms with Gasteiger partial charge in [0.05, 0.1) is 11.4 Å². The highest BCUT2D eigenvalue weighted by molar-refractivity contribution is 7.99. The summed E-state index contributed by atoms with van der Waals surface area (Å²) in [6, 6.07) is 5.72. The molecule has 2 rings (SSSR count). The number of nitrogens with zero attached hydrogens (tertiary/aromatic N) is 2. The number of rotatable bonds is 4. The number of carbonyl (C=O) groups is 2. The molecule has 1 aromatic carbocycles. The Morgan fingerprint density at radius 1 is 1.26 bits per heavy atom. The van der Waals surface area contributed by atoms with Crippen LogP contribution in [0.1, 0.15) is 11.1 Å². The quantitative estimate of drug-likeness (QED) is 0.585. The van der Waals surface area contributed by atoms with Crippen molar-refractivity contribution in [2.75, 3.05) is 12.8 Å². The number of hydrogen-bond donors (Lipinski definition) is 3. The average Bonchev–Trinajstić information content (AvgIpc) is 3.01. The van der Waals surface area contributed by atoms with Crippen LogP contribution in [0.5, 0.6) is 0 Å². The van der Waals surface area contributed by atoms with Gasteiger partial charge in [-0.15, -0.1) is 0 Å². The van der Waals surface area contributed by atoms with Gasteiger partial charge in [0.1, 0.15) is 0 Å². The predicted molar refractivity (Wildman–Crippen MR) is 89.5 cm³/mol. The molecule has 0 aliphatic carbocycles. The maximum absolute atomic E-state index is 11.7. The van der Waals surface area contributed by atoms with Gasteiger partial charge in [-0.25, -0.2) is 15.2 Å². The zero-order valence-corrected chi connectivity index (χ0v) is 14.0. The van der Waals surface area contributed by atoms with E-state index >= 15 is 0 Å². The molecule has 0 unspecified atom stereocenters. The zero-order chi connectivity index (χ0) is 16.8. The number of aryl methyl sites for hydroxylation is 2. The van der Waals surface area contributed by atoms with Gasteiger partial charge in [-0.3, -0.25) is 14.8 Å². The molecule has 2 aromatic rings. The van der Waals surface area contributed by atoms with Crippen LogP contribution in [0.15, 0.2) is 35.7 Å². The first-order valence-corrected chi connectivity index (χ1v) is 8.00. The van der Waals surface area contributed by atoms with Gasteiger partial charge in [-0.05, 0) is 31.0 Å². The molecule has 0 spiro atoms. The minimum absolute atomic E-state index is 0.145. The van der Waals surface area contributed by atoms with Gasteiger partial charge in [0.25, 0.3) is 0 Å². The number of amides is 3. The molecule has 0 saturated carbocycles. The molecule has 0 atom stereocenters. The van der Waals surface area contributed by atoms with Crippen molar-refractivity contribution in [2.45, 2.75) is 19.0 Å². The largest absolute Gasteiger partial charge is 0.340 e. The number of hydrazine groups is 1. The highest BCUT2D eigenvalue weighted by Gasteiger charge is 2.11. The number of urea groups is 1. The molecule has 0 saturated heterocycles. The minimum atomic E-state index is -0.472. The van der Waals surface area contributed by atoms with E-state index in [0.29, 0.717) is 5.16 Å². The summed E-state index contributed by atoms with van der Waals surface area (Å²) >= 11 is 1.30. The molecule has 23 heavy (non-hydrogen) atoms. The predicted octanol–water partition coefficient (Wildman–Crippen LogP) is 1.54. The van der Waals surface area contributed by atoms with Crippen LogP contribution in [0.25, 0.3) is 5.69 Å². The molecule has 0 fully saturated rings. The molecule has 3 N–H and O–H groups in total. The van der Waals surface area contributed by atoms with Gasteiger partial charge in [0.15, 0.2) is 5.16 Å². The van der Waals surface area contributed by atoms with Crippen molar-refractivity contribution >= 4 is 23.7 Å². The third-order valence-electron chi connectivity index (χ3n) is 3.11. The fraction of sp³-hybridized carbons (Fsp3) is 0.267. The van der Waals surface area contributed by atoms with Gasteiger partial charge in [0.2, 0.25) is 5.91 Å². The van der Waals surface area contributed by atoms with Crippen molar-refractivity contribution < 1.29 is 9.59 Å². The number of thioether (sulfide) groups is 1. The molecule has 0 aliphatic heterocycles. The second kappa shape index (κ2) is 7.68. The molecule has 1 aromatic heterocycles. The second-order valence-electron chi connectivity index (χ2n) is 4.91. The lowest BCUT2D eigenvalue weighted by molar-refractivity contribution is -0.119. The van der Waals surface area contributed by atoms with E-state index in [0.717, 1.165) is 16.8 Å². The lowest BCUT2D eigenvalue weighted by Crippen LogP contribution is -2.46. The number of aromatic nitrogens is 2. The Morgan fingerprint density at radius 2 is 2.04 bits per heavy atom. The maximum Gasteiger partial charge on any atom is 0.333 e. The molecule has 0 bridgehead atoms. The number of imidazole rings is 1. The Bertz CT molecular complexity index is 714. The standard InChI is InChI=1S/C15H19N5O2S/c1-10-4-5-11(2)12(8-10)20-7-6-17-15(20)23-9-13(21)18-19-14(22)16-3/h4-8H,9H2,1-3H3,(H,18,21)(H2,16,19,22). The summed E-state index contributed by atoms with van der Waals surface area (Å²) in [6.07, 6.45) is 3.57. The molecule has 7 nitrogen and oxygen atoms in total. The fourth-order valence-corrected chi connectivity index (χ4v) is 2.68. The first-order chi connectivity index (χ1) is 11.0. The number of nitrogens with one attached hydrogen (secondary N) is 3. The molecule has 8 heteroatoms. The maximum atomic E-state index is 11.7. The summed E-state index contributed by atoms with van der Waals surface area (Å²) in [5, 5.41) is 3.06. The first kappa shape index (κ1) is 16.9. The Kier molecular flexibility index (Phi) is 5.64. The van der Waals surface area contributed by atoms with Crippen molar-refractivity contribution in [3.05, 3.63) is 41.7 Å². The summed E-state index contributed by atoms with van der Waals surface area (Å²) in [7, 11) is 1.47. The van der Waals surface area contributed by atoms with E-state index in [1.807, 2.05) is 24.6 Å². The Labute approximate surface area is 138 Å². The summed E-state index contributed by atoms with van der Waals surface area (Å²) in [4.78, 5) is 27.0. The summed E-state index contributed by atoms with van der Waals surface area (Å²) < 4.78 is 1.95. The molecular weight excluding hydrogens is 314 g/mol. The van der Waals surface area contributed by atoms with Crippen molar-refractivity contribution in [1.82, 2.24) is 25.7 Å². The van der Waals surface area contributed by atoms with Gasteiger partial charge in [-0.2, -0.15) is 0 Å². The Morgan fingerprint density at radius 3 is 2.78 bits per heavy atom. The summed E-state index contributed by atoms with van der Waals surface area (Å²) in [5.41, 5.74) is 7.87. The molecule has 122 valence electrons. The van der Waals surface area contributed by atoms with E-state index in [-0.39, 0.29) is 11.7 Å². The Hall–Kier alpha value is -2.48. The van der Waals surface area contributed by atoms with Crippen LogP contribution >= 0.6 is 11.8 Å². The lowest BCUT2D eigenvalue weighted by atomic mass is 10.1. The first-order valence-electron chi connectivity index (χ1n) is 7.01. The highest BCUT2D eigenvalue weighted by atomic mass is 32.2. The van der Waals surface area contributed by atoms with Gasteiger partial charge >= 0.3 is 6.03 Å². The Balaban J connectivity index is 2.03. The topological polar surface area (TPSA) is 88.1 Å². The smallest absolute Gasteiger partial charge is 0.333 e. The normalized spacial score (nSPS) is 10.2. The van der Waals surface area contributed by atoms with E-state index in [1.165, 1.54) is 18.8 Å². The monoisotopic (exact) mass is 333 g/mol. The number of benzene rings is 1. The van der Waals surface area contributed by atoms with Crippen LogP contribution in [-0.2, 0) is 4.79 Å². The van der Waals surface area contributed by atoms with E-state index < -0.39 is 6.03 Å². The van der Waals surface area contributed by atoms with Crippen LogP contribution in [0.2, 0.25) is 0 Å². The van der Waals surface area contributed by atoms with E-state index in [2.05, 4.69) is 39.4 Å². The molecule has 0 aliphatic rings. The van der Waals surface area contributed by atoms with Crippen LogP contribution < -0.4 is 16.2 Å². The van der Waals surface area contributed by atoms with E-state index in [4.69, 9.17) is 0 Å². The molecule has 1 heterocycles. The number of carbonyl (C=O) groups excluding carboxylic acids is 2. The van der Waals surface area contributed by atoms with Crippen molar-refractivity contribution in [3.63, 3.8) is 0 Å². The zero-order valence-electron chi connectivity index (χ0n) is 13.2. The fourth-order valence-electron chi connectivity index (χ4n) is 1.91. The van der Waals surface area contributed by atoms with E-state index in [1.54, 1.807) is 6.20 Å². The van der Waals surface area contributed by atoms with E-state index in [9.17, 15) is 9.59 Å². The molecular formula is C15H19N5O2S. The van der Waals surface area contributed by atoms with Crippen LogP contribution in [0.4, 0.5) is 4.79 Å². The second-order valence-corrected chi connectivity index (χ2v) is 5.85. The third kappa shape index (κ3) is 4.49. The van der Waals surface area contributed by atoms with Gasteiger partial charge < -0.3 is 5.32 Å². The highest BCUT2D eigenvalue weighted by Crippen LogP contribution is 2.23. The lowest BCUT2D eigenvalue weighted by Gasteiger charge is -2.11. The van der Waals surface area contributed by atoms with Gasteiger partial charge in [0, 0.05) is 19.4 Å². The van der Waals surface area contributed by atoms with Crippen molar-refractivity contribution in [1.29, 1.82) is 0 Å². The summed E-state index contributed by atoms with van der Waals surface area (Å²) in [5.74, 6) is -0.166. The summed E-state index contributed by atoms with van der Waals surface area (Å²) in [6.45, 7) is 4.06.